The Bertz CT molecular complexity index is 1020. The Balaban J connectivity index is 1.72. The van der Waals surface area contributed by atoms with E-state index in [1.165, 1.54) is 19.3 Å². The molecule has 1 fully saturated rings. The van der Waals surface area contributed by atoms with E-state index < -0.39 is 5.97 Å². The molecule has 1 aliphatic rings. The summed E-state index contributed by atoms with van der Waals surface area (Å²) in [5.41, 5.74) is 10.6. The van der Waals surface area contributed by atoms with Gasteiger partial charge in [0.15, 0.2) is 6.61 Å². The number of carboxylic acid groups (broad SMARTS) is 1. The first-order chi connectivity index (χ1) is 16.4. The van der Waals surface area contributed by atoms with Crippen molar-refractivity contribution < 1.29 is 19.5 Å². The third-order valence-corrected chi connectivity index (χ3v) is 5.96. The van der Waals surface area contributed by atoms with Crippen molar-refractivity contribution in [1.82, 2.24) is 10.6 Å². The highest BCUT2D eigenvalue weighted by Crippen LogP contribution is 2.23. The number of aliphatic carboxylic acids is 1. The fourth-order valence-electron chi connectivity index (χ4n) is 4.13. The lowest BCUT2D eigenvalue weighted by Gasteiger charge is -2.21. The minimum atomic E-state index is -0.938. The molecule has 8 nitrogen and oxygen atoms in total. The lowest BCUT2D eigenvalue weighted by atomic mass is 9.89. The largest absolute Gasteiger partial charge is 0.480 e. The number of benzene rings is 2. The SMILES string of the molecule is Cc1cccc(/C(=N/OCC(=O)NCC2CCCCC2)c2ccc(N)c(CNCC(=O)O)c2)c1. The van der Waals surface area contributed by atoms with Gasteiger partial charge in [-0.2, -0.15) is 0 Å². The van der Waals surface area contributed by atoms with E-state index in [0.717, 1.165) is 35.1 Å². The molecule has 5 N–H and O–H groups in total. The maximum Gasteiger partial charge on any atom is 0.317 e. The summed E-state index contributed by atoms with van der Waals surface area (Å²) in [5.74, 6) is -0.576. The molecule has 1 saturated carbocycles. The molecule has 0 bridgehead atoms. The van der Waals surface area contributed by atoms with Gasteiger partial charge in [-0.3, -0.25) is 9.59 Å². The third kappa shape index (κ3) is 7.88. The van der Waals surface area contributed by atoms with Crippen LogP contribution in [0.3, 0.4) is 0 Å². The number of nitrogens with one attached hydrogen (secondary N) is 2. The van der Waals surface area contributed by atoms with Gasteiger partial charge in [-0.1, -0.05) is 54.2 Å². The molecule has 1 amide bonds. The van der Waals surface area contributed by atoms with E-state index in [4.69, 9.17) is 15.7 Å². The van der Waals surface area contributed by atoms with Gasteiger partial charge in [-0.25, -0.2) is 0 Å². The van der Waals surface area contributed by atoms with Gasteiger partial charge in [-0.05, 0) is 49.4 Å². The molecule has 34 heavy (non-hydrogen) atoms. The van der Waals surface area contributed by atoms with Gasteiger partial charge in [0.05, 0.1) is 6.54 Å². The Hall–Kier alpha value is -3.39. The number of aryl methyl sites for hydroxylation is 1. The predicted octanol–water partition coefficient (Wildman–Crippen LogP) is 3.22. The molecule has 0 aromatic heterocycles. The maximum atomic E-state index is 12.3. The summed E-state index contributed by atoms with van der Waals surface area (Å²) in [4.78, 5) is 28.6. The number of carbonyl (C=O) groups is 2. The van der Waals surface area contributed by atoms with Crippen LogP contribution in [0.5, 0.6) is 0 Å². The van der Waals surface area contributed by atoms with Crippen LogP contribution in [0.2, 0.25) is 0 Å². The molecule has 0 unspecified atom stereocenters. The standard InChI is InChI=1S/C26H34N4O4/c1-18-6-5-9-20(12-18)26(21-10-11-23(27)22(13-21)15-28-16-25(32)33)30-34-17-24(31)29-14-19-7-3-2-4-8-19/h5-6,9-13,19,28H,2-4,7-8,14-17,27H2,1H3,(H,29,31)(H,32,33)/b30-26-. The zero-order chi connectivity index (χ0) is 24.3. The van der Waals surface area contributed by atoms with E-state index in [-0.39, 0.29) is 19.1 Å². The summed E-state index contributed by atoms with van der Waals surface area (Å²) in [6, 6.07) is 13.3. The molecule has 0 heterocycles. The lowest BCUT2D eigenvalue weighted by molar-refractivity contribution is -0.136. The van der Waals surface area contributed by atoms with Crippen LogP contribution in [0.1, 0.15) is 54.4 Å². The van der Waals surface area contributed by atoms with E-state index in [9.17, 15) is 9.59 Å². The minimum Gasteiger partial charge on any atom is -0.480 e. The van der Waals surface area contributed by atoms with Crippen molar-refractivity contribution in [1.29, 1.82) is 0 Å². The van der Waals surface area contributed by atoms with Crippen molar-refractivity contribution in [2.45, 2.75) is 45.6 Å². The molecule has 0 saturated heterocycles. The second kappa shape index (κ2) is 12.7. The van der Waals surface area contributed by atoms with Gasteiger partial charge in [-0.15, -0.1) is 0 Å². The average molecular weight is 467 g/mol. The molecule has 3 rings (SSSR count). The van der Waals surface area contributed by atoms with Crippen molar-refractivity contribution in [3.8, 4) is 0 Å². The molecule has 0 atom stereocenters. The highest BCUT2D eigenvalue weighted by Gasteiger charge is 2.15. The molecule has 0 aliphatic heterocycles. The van der Waals surface area contributed by atoms with E-state index in [2.05, 4.69) is 15.8 Å². The van der Waals surface area contributed by atoms with Crippen LogP contribution in [-0.2, 0) is 21.0 Å². The number of nitrogen functional groups attached to an aromatic ring is 1. The van der Waals surface area contributed by atoms with Gasteiger partial charge in [0.2, 0.25) is 0 Å². The van der Waals surface area contributed by atoms with Gasteiger partial charge >= 0.3 is 5.97 Å². The summed E-state index contributed by atoms with van der Waals surface area (Å²) >= 11 is 0. The minimum absolute atomic E-state index is 0.163. The molecule has 182 valence electrons. The van der Waals surface area contributed by atoms with Crippen LogP contribution in [0.25, 0.3) is 0 Å². The first-order valence-corrected chi connectivity index (χ1v) is 11.8. The van der Waals surface area contributed by atoms with Gasteiger partial charge in [0.1, 0.15) is 5.71 Å². The second-order valence-electron chi connectivity index (χ2n) is 8.80. The van der Waals surface area contributed by atoms with Crippen molar-refractivity contribution in [2.24, 2.45) is 11.1 Å². The van der Waals surface area contributed by atoms with Crippen LogP contribution < -0.4 is 16.4 Å². The number of hydrogen-bond donors (Lipinski definition) is 4. The summed E-state index contributed by atoms with van der Waals surface area (Å²) in [5, 5.41) is 19.0. The lowest BCUT2D eigenvalue weighted by Crippen LogP contribution is -2.32. The fourth-order valence-corrected chi connectivity index (χ4v) is 4.13. The summed E-state index contributed by atoms with van der Waals surface area (Å²) < 4.78 is 0. The number of rotatable bonds is 11. The Morgan fingerprint density at radius 3 is 2.62 bits per heavy atom. The molecule has 0 spiro atoms. The highest BCUT2D eigenvalue weighted by atomic mass is 16.6. The van der Waals surface area contributed by atoms with E-state index >= 15 is 0 Å². The van der Waals surface area contributed by atoms with Gasteiger partial charge in [0, 0.05) is 29.9 Å². The number of hydrogen-bond acceptors (Lipinski definition) is 6. The monoisotopic (exact) mass is 466 g/mol. The maximum absolute atomic E-state index is 12.3. The molecular weight excluding hydrogens is 432 g/mol. The third-order valence-electron chi connectivity index (χ3n) is 5.96. The fraction of sp³-hybridized carbons (Fsp3) is 0.423. The highest BCUT2D eigenvalue weighted by molar-refractivity contribution is 6.13. The average Bonchev–Trinajstić information content (AvgIpc) is 2.82. The Labute approximate surface area is 200 Å². The molecule has 1 aliphatic carbocycles. The van der Waals surface area contributed by atoms with Gasteiger partial charge in [0.25, 0.3) is 5.91 Å². The van der Waals surface area contributed by atoms with Crippen LogP contribution in [0.15, 0.2) is 47.6 Å². The summed E-state index contributed by atoms with van der Waals surface area (Å²) in [7, 11) is 0. The molecular formula is C26H34N4O4. The number of carbonyl (C=O) groups excluding carboxylic acids is 1. The zero-order valence-corrected chi connectivity index (χ0v) is 19.7. The Kier molecular flexibility index (Phi) is 9.46. The molecule has 2 aromatic carbocycles. The summed E-state index contributed by atoms with van der Waals surface area (Å²) in [6.45, 7) is 2.65. The number of carboxylic acids is 1. The van der Waals surface area contributed by atoms with Crippen molar-refractivity contribution in [2.75, 3.05) is 25.4 Å². The second-order valence-corrected chi connectivity index (χ2v) is 8.80. The quantitative estimate of drug-likeness (QED) is 0.229. The predicted molar refractivity (Wildman–Crippen MR) is 133 cm³/mol. The number of amides is 1. The number of oxime groups is 1. The smallest absolute Gasteiger partial charge is 0.317 e. The molecule has 0 radical (unpaired) electrons. The number of nitrogens with zero attached hydrogens (tertiary/aromatic N) is 1. The van der Waals surface area contributed by atoms with Crippen molar-refractivity contribution in [3.63, 3.8) is 0 Å². The molecule has 2 aromatic rings. The first-order valence-electron chi connectivity index (χ1n) is 11.8. The Morgan fingerprint density at radius 2 is 1.88 bits per heavy atom. The number of anilines is 1. The normalized spacial score (nSPS) is 14.6. The van der Waals surface area contributed by atoms with Crippen LogP contribution >= 0.6 is 0 Å². The van der Waals surface area contributed by atoms with Crippen LogP contribution in [-0.4, -0.2) is 42.4 Å². The summed E-state index contributed by atoms with van der Waals surface area (Å²) in [6.07, 6.45) is 6.08. The Morgan fingerprint density at radius 1 is 1.12 bits per heavy atom. The van der Waals surface area contributed by atoms with Gasteiger partial charge < -0.3 is 26.3 Å². The van der Waals surface area contributed by atoms with Crippen LogP contribution in [0, 0.1) is 12.8 Å². The van der Waals surface area contributed by atoms with E-state index in [1.807, 2.05) is 43.3 Å². The topological polar surface area (TPSA) is 126 Å². The van der Waals surface area contributed by atoms with Crippen molar-refractivity contribution >= 4 is 23.3 Å². The van der Waals surface area contributed by atoms with E-state index in [1.54, 1.807) is 6.07 Å². The van der Waals surface area contributed by atoms with Crippen molar-refractivity contribution in [3.05, 3.63) is 64.7 Å². The zero-order valence-electron chi connectivity index (χ0n) is 19.7. The van der Waals surface area contributed by atoms with Crippen LogP contribution in [0.4, 0.5) is 5.69 Å². The molecule has 8 heteroatoms. The van der Waals surface area contributed by atoms with E-state index in [0.29, 0.717) is 30.4 Å². The number of nitrogens with two attached hydrogens (primary N) is 1. The first kappa shape index (κ1) is 25.2.